The molecule has 1 amide bonds. The Morgan fingerprint density at radius 2 is 1.86 bits per heavy atom. The van der Waals surface area contributed by atoms with Crippen molar-refractivity contribution < 1.29 is 9.21 Å². The van der Waals surface area contributed by atoms with Gasteiger partial charge in [0, 0.05) is 28.6 Å². The zero-order valence-electron chi connectivity index (χ0n) is 14.7. The van der Waals surface area contributed by atoms with E-state index in [1.165, 1.54) is 6.39 Å². The molecule has 0 saturated carbocycles. The Bertz CT molecular complexity index is 1140. The summed E-state index contributed by atoms with van der Waals surface area (Å²) in [5.74, 6) is 6.24. The summed E-state index contributed by atoms with van der Waals surface area (Å²) < 4.78 is 5.14. The van der Waals surface area contributed by atoms with Crippen molar-refractivity contribution >= 4 is 11.6 Å². The van der Waals surface area contributed by atoms with Crippen LogP contribution in [0.25, 0.3) is 11.5 Å². The first-order chi connectivity index (χ1) is 13.8. The molecule has 2 heterocycles. The number of carbonyl (C=O) groups excluding carboxylic acids is 1. The monoisotopic (exact) mass is 366 g/mol. The fourth-order valence-corrected chi connectivity index (χ4v) is 2.51. The van der Waals surface area contributed by atoms with Gasteiger partial charge in [-0.15, -0.1) is 10.2 Å². The van der Waals surface area contributed by atoms with E-state index in [1.54, 1.807) is 30.5 Å². The molecule has 0 aliphatic carbocycles. The Hall–Kier alpha value is -4.24. The van der Waals surface area contributed by atoms with Gasteiger partial charge in [-0.25, -0.2) is 4.98 Å². The average Bonchev–Trinajstić information content (AvgIpc) is 3.28. The predicted octanol–water partition coefficient (Wildman–Crippen LogP) is 3.78. The van der Waals surface area contributed by atoms with Gasteiger partial charge in [0.2, 0.25) is 12.3 Å². The van der Waals surface area contributed by atoms with E-state index in [-0.39, 0.29) is 5.91 Å². The third kappa shape index (κ3) is 4.11. The second-order valence-corrected chi connectivity index (χ2v) is 5.82. The van der Waals surface area contributed by atoms with Crippen LogP contribution in [0.2, 0.25) is 0 Å². The van der Waals surface area contributed by atoms with Crippen LogP contribution >= 0.6 is 0 Å². The maximum absolute atomic E-state index is 12.5. The van der Waals surface area contributed by atoms with Gasteiger partial charge in [-0.2, -0.15) is 0 Å². The highest BCUT2D eigenvalue weighted by atomic mass is 16.4. The normalized spacial score (nSPS) is 10.0. The first-order valence-electron chi connectivity index (χ1n) is 8.49. The molecule has 0 saturated heterocycles. The van der Waals surface area contributed by atoms with Gasteiger partial charge in [-0.05, 0) is 60.5 Å². The Kier molecular flexibility index (Phi) is 4.90. The lowest BCUT2D eigenvalue weighted by Crippen LogP contribution is -2.11. The third-order valence-electron chi connectivity index (χ3n) is 3.87. The summed E-state index contributed by atoms with van der Waals surface area (Å²) in [5.41, 5.74) is 3.42. The van der Waals surface area contributed by atoms with Crippen LogP contribution in [0.4, 0.5) is 5.69 Å². The van der Waals surface area contributed by atoms with Gasteiger partial charge in [0.1, 0.15) is 5.69 Å². The first kappa shape index (κ1) is 17.2. The van der Waals surface area contributed by atoms with Crippen molar-refractivity contribution in [3.05, 3.63) is 96.1 Å². The Labute approximate surface area is 161 Å². The number of anilines is 1. The minimum atomic E-state index is -0.216. The van der Waals surface area contributed by atoms with Crippen molar-refractivity contribution in [2.24, 2.45) is 0 Å². The molecule has 0 spiro atoms. The molecule has 6 heteroatoms. The number of aromatic nitrogens is 3. The summed E-state index contributed by atoms with van der Waals surface area (Å²) in [7, 11) is 0. The molecule has 134 valence electrons. The highest BCUT2D eigenvalue weighted by molar-refractivity contribution is 6.04. The first-order valence-corrected chi connectivity index (χ1v) is 8.49. The van der Waals surface area contributed by atoms with Gasteiger partial charge in [-0.1, -0.05) is 18.1 Å². The number of pyridine rings is 1. The van der Waals surface area contributed by atoms with Crippen molar-refractivity contribution in [2.75, 3.05) is 5.32 Å². The molecule has 0 bridgehead atoms. The van der Waals surface area contributed by atoms with Crippen molar-refractivity contribution in [3.8, 4) is 23.3 Å². The summed E-state index contributed by atoms with van der Waals surface area (Å²) in [6, 6.07) is 19.9. The molecule has 0 aliphatic rings. The van der Waals surface area contributed by atoms with Crippen molar-refractivity contribution in [1.29, 1.82) is 0 Å². The van der Waals surface area contributed by atoms with Crippen LogP contribution in [0.3, 0.4) is 0 Å². The molecule has 2 aromatic carbocycles. The van der Waals surface area contributed by atoms with Crippen LogP contribution in [0.5, 0.6) is 0 Å². The van der Waals surface area contributed by atoms with E-state index in [0.29, 0.717) is 22.8 Å². The molecule has 2 aromatic heterocycles. The van der Waals surface area contributed by atoms with Crippen molar-refractivity contribution in [1.82, 2.24) is 15.2 Å². The molecule has 0 fully saturated rings. The van der Waals surface area contributed by atoms with E-state index in [1.807, 2.05) is 42.5 Å². The summed E-state index contributed by atoms with van der Waals surface area (Å²) in [5, 5.41) is 10.4. The van der Waals surface area contributed by atoms with Crippen LogP contribution in [0, 0.1) is 11.8 Å². The van der Waals surface area contributed by atoms with E-state index in [4.69, 9.17) is 4.42 Å². The minimum absolute atomic E-state index is 0.216. The van der Waals surface area contributed by atoms with E-state index in [0.717, 1.165) is 11.1 Å². The molecule has 4 rings (SSSR count). The van der Waals surface area contributed by atoms with E-state index < -0.39 is 0 Å². The van der Waals surface area contributed by atoms with Gasteiger partial charge >= 0.3 is 0 Å². The Morgan fingerprint density at radius 1 is 0.964 bits per heavy atom. The SMILES string of the molecule is O=C(Nc1cccc(C#Cc2ccccn2)c1)c1ccc(-c2nnco2)cc1. The molecule has 0 unspecified atom stereocenters. The lowest BCUT2D eigenvalue weighted by molar-refractivity contribution is 0.102. The van der Waals surface area contributed by atoms with Gasteiger partial charge < -0.3 is 9.73 Å². The van der Waals surface area contributed by atoms with Gasteiger partial charge in [0.25, 0.3) is 5.91 Å². The zero-order chi connectivity index (χ0) is 19.2. The van der Waals surface area contributed by atoms with Crippen molar-refractivity contribution in [2.45, 2.75) is 0 Å². The second-order valence-electron chi connectivity index (χ2n) is 5.82. The topological polar surface area (TPSA) is 80.9 Å². The van der Waals surface area contributed by atoms with Crippen molar-refractivity contribution in [3.63, 3.8) is 0 Å². The van der Waals surface area contributed by atoms with E-state index >= 15 is 0 Å². The number of nitrogens with zero attached hydrogens (tertiary/aromatic N) is 3. The lowest BCUT2D eigenvalue weighted by Gasteiger charge is -2.06. The fourth-order valence-electron chi connectivity index (χ4n) is 2.51. The second kappa shape index (κ2) is 7.98. The quantitative estimate of drug-likeness (QED) is 0.558. The number of hydrogen-bond acceptors (Lipinski definition) is 5. The van der Waals surface area contributed by atoms with Crippen LogP contribution in [-0.4, -0.2) is 21.1 Å². The Morgan fingerprint density at radius 3 is 2.61 bits per heavy atom. The van der Waals surface area contributed by atoms with Crippen LogP contribution < -0.4 is 5.32 Å². The van der Waals surface area contributed by atoms with E-state index in [9.17, 15) is 4.79 Å². The minimum Gasteiger partial charge on any atom is -0.423 e. The number of carbonyl (C=O) groups is 1. The molecule has 0 aliphatic heterocycles. The zero-order valence-corrected chi connectivity index (χ0v) is 14.7. The number of benzene rings is 2. The van der Waals surface area contributed by atoms with Crippen LogP contribution in [-0.2, 0) is 0 Å². The van der Waals surface area contributed by atoms with Crippen LogP contribution in [0.15, 0.2) is 83.7 Å². The third-order valence-corrected chi connectivity index (χ3v) is 3.87. The van der Waals surface area contributed by atoms with Gasteiger partial charge in [0.15, 0.2) is 0 Å². The summed E-state index contributed by atoms with van der Waals surface area (Å²) >= 11 is 0. The molecule has 0 atom stereocenters. The van der Waals surface area contributed by atoms with Gasteiger partial charge in [-0.3, -0.25) is 4.79 Å². The molecule has 0 radical (unpaired) electrons. The maximum atomic E-state index is 12.5. The predicted molar refractivity (Wildman–Crippen MR) is 104 cm³/mol. The molecular weight excluding hydrogens is 352 g/mol. The maximum Gasteiger partial charge on any atom is 0.255 e. The largest absolute Gasteiger partial charge is 0.423 e. The Balaban J connectivity index is 1.47. The van der Waals surface area contributed by atoms with E-state index in [2.05, 4.69) is 32.3 Å². The molecule has 1 N–H and O–H groups in total. The average molecular weight is 366 g/mol. The number of hydrogen-bond donors (Lipinski definition) is 1. The summed E-state index contributed by atoms with van der Waals surface area (Å²) in [4.78, 5) is 16.7. The molecular formula is C22H14N4O2. The fraction of sp³-hybridized carbons (Fsp3) is 0. The summed E-state index contributed by atoms with van der Waals surface area (Å²) in [6.45, 7) is 0. The highest BCUT2D eigenvalue weighted by Gasteiger charge is 2.08. The summed E-state index contributed by atoms with van der Waals surface area (Å²) in [6.07, 6.45) is 2.96. The molecule has 6 nitrogen and oxygen atoms in total. The number of rotatable bonds is 3. The highest BCUT2D eigenvalue weighted by Crippen LogP contribution is 2.18. The van der Waals surface area contributed by atoms with Crippen LogP contribution in [0.1, 0.15) is 21.6 Å². The lowest BCUT2D eigenvalue weighted by atomic mass is 10.1. The molecule has 28 heavy (non-hydrogen) atoms. The smallest absolute Gasteiger partial charge is 0.255 e. The number of nitrogens with one attached hydrogen (secondary N) is 1. The number of amides is 1. The van der Waals surface area contributed by atoms with Gasteiger partial charge in [0.05, 0.1) is 0 Å². The molecule has 4 aromatic rings. The standard InChI is InChI=1S/C22H14N4O2/c27-21(17-8-10-18(11-9-17)22-26-24-15-28-22)25-20-6-3-4-16(14-20)7-12-19-5-1-2-13-23-19/h1-6,8-11,13-15H,(H,25,27).